The van der Waals surface area contributed by atoms with E-state index >= 15 is 0 Å². The zero-order valence-electron chi connectivity index (χ0n) is 12.0. The Labute approximate surface area is 122 Å². The van der Waals surface area contributed by atoms with Crippen LogP contribution < -0.4 is 0 Å². The molecule has 0 spiro atoms. The van der Waals surface area contributed by atoms with Gasteiger partial charge in [0.2, 0.25) is 0 Å². The van der Waals surface area contributed by atoms with Crippen molar-refractivity contribution in [1.29, 1.82) is 0 Å². The molecule has 1 aromatic carbocycles. The molecule has 106 valence electrons. The van der Waals surface area contributed by atoms with Crippen molar-refractivity contribution in [1.82, 2.24) is 9.38 Å². The smallest absolute Gasteiger partial charge is 0.182 e. The van der Waals surface area contributed by atoms with Crippen LogP contribution in [0.3, 0.4) is 0 Å². The van der Waals surface area contributed by atoms with Gasteiger partial charge in [-0.25, -0.2) is 4.98 Å². The number of imidazole rings is 1. The highest BCUT2D eigenvalue weighted by Crippen LogP contribution is 2.25. The predicted octanol–water partition coefficient (Wildman–Crippen LogP) is 3.86. The van der Waals surface area contributed by atoms with Gasteiger partial charge in [-0.15, -0.1) is 10.2 Å². The summed E-state index contributed by atoms with van der Waals surface area (Å²) >= 11 is 0. The molecule has 2 heterocycles. The highest BCUT2D eigenvalue weighted by atomic mass is 16.3. The fourth-order valence-electron chi connectivity index (χ4n) is 2.26. The number of fused-ring (bicyclic) bond motifs is 1. The van der Waals surface area contributed by atoms with Crippen molar-refractivity contribution in [3.05, 3.63) is 59.4 Å². The molecule has 0 radical (unpaired) electrons. The molecule has 2 aromatic heterocycles. The summed E-state index contributed by atoms with van der Waals surface area (Å²) in [6.45, 7) is 3.86. The molecule has 1 N–H and O–H groups in total. The molecule has 0 aliphatic heterocycles. The highest BCUT2D eigenvalue weighted by Gasteiger charge is 2.10. The van der Waals surface area contributed by atoms with Crippen molar-refractivity contribution in [2.45, 2.75) is 20.5 Å². The molecule has 0 saturated carbocycles. The lowest BCUT2D eigenvalue weighted by Gasteiger charge is -2.00. The van der Waals surface area contributed by atoms with Crippen LogP contribution in [0.5, 0.6) is 0 Å². The van der Waals surface area contributed by atoms with Gasteiger partial charge >= 0.3 is 0 Å². The Morgan fingerprint density at radius 3 is 2.76 bits per heavy atom. The maximum Gasteiger partial charge on any atom is 0.182 e. The van der Waals surface area contributed by atoms with Gasteiger partial charge in [0.15, 0.2) is 5.82 Å². The minimum Gasteiger partial charge on any atom is -0.392 e. The van der Waals surface area contributed by atoms with E-state index in [1.807, 2.05) is 60.8 Å². The standard InChI is InChI=1S/C16H16N4O/c1-11-5-3-7-14(9-11)18-19-15-12(2)17-16-13(10-21)6-4-8-20(15)16/h3-9,21H,10H2,1-2H3. The van der Waals surface area contributed by atoms with Gasteiger partial charge in [0, 0.05) is 11.8 Å². The Hall–Kier alpha value is -2.53. The first-order valence-electron chi connectivity index (χ1n) is 6.75. The van der Waals surface area contributed by atoms with Gasteiger partial charge in [0.1, 0.15) is 5.65 Å². The van der Waals surface area contributed by atoms with Gasteiger partial charge in [0.05, 0.1) is 18.0 Å². The van der Waals surface area contributed by atoms with E-state index in [9.17, 15) is 5.11 Å². The van der Waals surface area contributed by atoms with Crippen molar-refractivity contribution in [2.75, 3.05) is 0 Å². The van der Waals surface area contributed by atoms with Gasteiger partial charge in [-0.1, -0.05) is 18.2 Å². The molecule has 5 nitrogen and oxygen atoms in total. The molecule has 3 aromatic rings. The fraction of sp³-hybridized carbons (Fsp3) is 0.188. The fourth-order valence-corrected chi connectivity index (χ4v) is 2.26. The summed E-state index contributed by atoms with van der Waals surface area (Å²) in [4.78, 5) is 4.46. The topological polar surface area (TPSA) is 62.2 Å². The largest absolute Gasteiger partial charge is 0.392 e. The summed E-state index contributed by atoms with van der Waals surface area (Å²) in [6, 6.07) is 11.6. The number of rotatable bonds is 3. The molecule has 0 unspecified atom stereocenters. The maximum atomic E-state index is 9.37. The minimum absolute atomic E-state index is 0.0464. The number of aromatic nitrogens is 2. The van der Waals surface area contributed by atoms with Gasteiger partial charge in [-0.05, 0) is 37.6 Å². The first kappa shape index (κ1) is 13.5. The number of aliphatic hydroxyl groups is 1. The summed E-state index contributed by atoms with van der Waals surface area (Å²) in [5.74, 6) is 0.682. The molecule has 0 fully saturated rings. The zero-order chi connectivity index (χ0) is 14.8. The molecule has 3 rings (SSSR count). The quantitative estimate of drug-likeness (QED) is 0.740. The van der Waals surface area contributed by atoms with E-state index in [4.69, 9.17) is 0 Å². The number of aliphatic hydroxyl groups excluding tert-OH is 1. The predicted molar refractivity (Wildman–Crippen MR) is 81.2 cm³/mol. The third-order valence-corrected chi connectivity index (χ3v) is 3.31. The van der Waals surface area contributed by atoms with Gasteiger partial charge in [0.25, 0.3) is 0 Å². The number of hydrogen-bond donors (Lipinski definition) is 1. The second-order valence-electron chi connectivity index (χ2n) is 4.94. The lowest BCUT2D eigenvalue weighted by atomic mass is 10.2. The molecule has 0 saturated heterocycles. The molecule has 0 aliphatic carbocycles. The molecule has 5 heteroatoms. The Kier molecular flexibility index (Phi) is 3.50. The molecule has 0 amide bonds. The van der Waals surface area contributed by atoms with E-state index in [1.54, 1.807) is 0 Å². The van der Waals surface area contributed by atoms with Crippen LogP contribution in [0.1, 0.15) is 16.8 Å². The van der Waals surface area contributed by atoms with Crippen molar-refractivity contribution < 1.29 is 5.11 Å². The lowest BCUT2D eigenvalue weighted by molar-refractivity contribution is 0.282. The number of nitrogens with zero attached hydrogens (tertiary/aromatic N) is 4. The van der Waals surface area contributed by atoms with Crippen LogP contribution in [-0.2, 0) is 6.61 Å². The summed E-state index contributed by atoms with van der Waals surface area (Å²) in [5.41, 5.74) is 4.23. The highest BCUT2D eigenvalue weighted by molar-refractivity contribution is 5.56. The second kappa shape index (κ2) is 5.46. The first-order chi connectivity index (χ1) is 10.2. The normalized spacial score (nSPS) is 11.6. The van der Waals surface area contributed by atoms with Crippen LogP contribution in [0.15, 0.2) is 52.8 Å². The molecular formula is C16H16N4O. The van der Waals surface area contributed by atoms with Crippen LogP contribution in [0, 0.1) is 13.8 Å². The Morgan fingerprint density at radius 2 is 2.00 bits per heavy atom. The number of pyridine rings is 1. The third-order valence-electron chi connectivity index (χ3n) is 3.31. The molecule has 0 bridgehead atoms. The van der Waals surface area contributed by atoms with Gasteiger partial charge < -0.3 is 5.11 Å². The Balaban J connectivity index is 2.07. The van der Waals surface area contributed by atoms with Crippen LogP contribution in [-0.4, -0.2) is 14.5 Å². The van der Waals surface area contributed by atoms with E-state index in [1.165, 1.54) is 0 Å². The summed E-state index contributed by atoms with van der Waals surface area (Å²) < 4.78 is 1.85. The zero-order valence-corrected chi connectivity index (χ0v) is 12.0. The van der Waals surface area contributed by atoms with E-state index < -0.39 is 0 Å². The van der Waals surface area contributed by atoms with Crippen LogP contribution in [0.4, 0.5) is 11.5 Å². The van der Waals surface area contributed by atoms with Gasteiger partial charge in [-0.2, -0.15) is 0 Å². The Morgan fingerprint density at radius 1 is 1.14 bits per heavy atom. The number of aryl methyl sites for hydroxylation is 2. The third kappa shape index (κ3) is 2.55. The van der Waals surface area contributed by atoms with Crippen molar-refractivity contribution >= 4 is 17.2 Å². The molecule has 0 aliphatic rings. The summed E-state index contributed by atoms with van der Waals surface area (Å²) in [5, 5.41) is 18.0. The number of benzene rings is 1. The summed E-state index contributed by atoms with van der Waals surface area (Å²) in [6.07, 6.45) is 1.87. The average molecular weight is 280 g/mol. The maximum absolute atomic E-state index is 9.37. The number of azo groups is 1. The first-order valence-corrected chi connectivity index (χ1v) is 6.75. The minimum atomic E-state index is -0.0464. The molecule has 0 atom stereocenters. The van der Waals surface area contributed by atoms with Gasteiger partial charge in [-0.3, -0.25) is 4.40 Å². The van der Waals surface area contributed by atoms with E-state index in [0.29, 0.717) is 5.82 Å². The van der Waals surface area contributed by atoms with Crippen LogP contribution in [0.25, 0.3) is 5.65 Å². The van der Waals surface area contributed by atoms with Crippen LogP contribution in [0.2, 0.25) is 0 Å². The molecule has 21 heavy (non-hydrogen) atoms. The van der Waals surface area contributed by atoms with E-state index in [-0.39, 0.29) is 6.61 Å². The van der Waals surface area contributed by atoms with Crippen molar-refractivity contribution in [3.8, 4) is 0 Å². The number of hydrogen-bond acceptors (Lipinski definition) is 4. The lowest BCUT2D eigenvalue weighted by Crippen LogP contribution is -1.90. The SMILES string of the molecule is Cc1cccc(N=Nc2c(C)nc3c(CO)cccn23)c1. The van der Waals surface area contributed by atoms with Crippen LogP contribution >= 0.6 is 0 Å². The average Bonchev–Trinajstić information content (AvgIpc) is 2.80. The Bertz CT molecular complexity index is 820. The van der Waals surface area contributed by atoms with Crippen molar-refractivity contribution in [2.24, 2.45) is 10.2 Å². The summed E-state index contributed by atoms with van der Waals surface area (Å²) in [7, 11) is 0. The second-order valence-corrected chi connectivity index (χ2v) is 4.94. The van der Waals surface area contributed by atoms with E-state index in [0.717, 1.165) is 28.2 Å². The monoisotopic (exact) mass is 280 g/mol. The van der Waals surface area contributed by atoms with E-state index in [2.05, 4.69) is 15.2 Å². The van der Waals surface area contributed by atoms with Crippen molar-refractivity contribution in [3.63, 3.8) is 0 Å². The molecular weight excluding hydrogens is 264 g/mol.